The molecule has 0 saturated carbocycles. The summed E-state index contributed by atoms with van der Waals surface area (Å²) < 4.78 is 29.7. The average Bonchev–Trinajstić information content (AvgIpc) is 2.89. The van der Waals surface area contributed by atoms with Crippen LogP contribution in [0.5, 0.6) is 0 Å². The first kappa shape index (κ1) is 18.7. The van der Waals surface area contributed by atoms with Gasteiger partial charge in [-0.05, 0) is 11.8 Å². The van der Waals surface area contributed by atoms with Crippen LogP contribution < -0.4 is 0 Å². The van der Waals surface area contributed by atoms with Gasteiger partial charge in [0.2, 0.25) is 10.0 Å². The molecule has 132 valence electrons. The van der Waals surface area contributed by atoms with Gasteiger partial charge < -0.3 is 0 Å². The van der Waals surface area contributed by atoms with Gasteiger partial charge in [0, 0.05) is 31.9 Å². The molecule has 1 aromatic heterocycles. The molecular formula is C18H27N3O2S. The highest BCUT2D eigenvalue weighted by Crippen LogP contribution is 2.28. The summed E-state index contributed by atoms with van der Waals surface area (Å²) in [4.78, 5) is 0.275. The molecular weight excluding hydrogens is 322 g/mol. The van der Waals surface area contributed by atoms with E-state index < -0.39 is 10.0 Å². The minimum absolute atomic E-state index is 0.260. The van der Waals surface area contributed by atoms with Crippen LogP contribution in [0.25, 0.3) is 11.3 Å². The molecule has 0 radical (unpaired) electrons. The average molecular weight is 350 g/mol. The van der Waals surface area contributed by atoms with Crippen molar-refractivity contribution in [2.75, 3.05) is 13.1 Å². The third kappa shape index (κ3) is 4.24. The lowest BCUT2D eigenvalue weighted by molar-refractivity contribution is 0.333. The third-order valence-electron chi connectivity index (χ3n) is 3.60. The Morgan fingerprint density at radius 2 is 1.58 bits per heavy atom. The first-order valence-electron chi connectivity index (χ1n) is 8.31. The molecule has 5 nitrogen and oxygen atoms in total. The van der Waals surface area contributed by atoms with Crippen molar-refractivity contribution in [3.8, 4) is 11.3 Å². The van der Waals surface area contributed by atoms with Crippen LogP contribution in [0.4, 0.5) is 0 Å². The molecule has 0 N–H and O–H groups in total. The molecule has 24 heavy (non-hydrogen) atoms. The number of hydrogen-bond donors (Lipinski definition) is 0. The predicted octanol–water partition coefficient (Wildman–Crippen LogP) is 3.39. The zero-order valence-electron chi connectivity index (χ0n) is 15.1. The van der Waals surface area contributed by atoms with E-state index in [-0.39, 0.29) is 16.7 Å². The molecule has 0 spiro atoms. The van der Waals surface area contributed by atoms with Gasteiger partial charge in [-0.1, -0.05) is 58.0 Å². The van der Waals surface area contributed by atoms with Crippen LogP contribution in [0.15, 0.2) is 41.4 Å². The number of sulfonamides is 1. The molecule has 6 heteroatoms. The summed E-state index contributed by atoms with van der Waals surface area (Å²) in [6.07, 6.45) is 1.60. The topological polar surface area (TPSA) is 55.2 Å². The largest absolute Gasteiger partial charge is 0.274 e. The Hall–Kier alpha value is -1.66. The molecule has 0 aliphatic heterocycles. The summed E-state index contributed by atoms with van der Waals surface area (Å²) in [6, 6.07) is 9.46. The van der Waals surface area contributed by atoms with Gasteiger partial charge in [0.1, 0.15) is 10.6 Å². The lowest BCUT2D eigenvalue weighted by Crippen LogP contribution is -2.37. The Balaban J connectivity index is 2.52. The van der Waals surface area contributed by atoms with Crippen LogP contribution in [-0.4, -0.2) is 35.6 Å². The first-order chi connectivity index (χ1) is 11.2. The van der Waals surface area contributed by atoms with Gasteiger partial charge in [0.25, 0.3) is 0 Å². The Morgan fingerprint density at radius 1 is 1.04 bits per heavy atom. The molecule has 2 rings (SSSR count). The van der Waals surface area contributed by atoms with Crippen molar-refractivity contribution in [2.24, 2.45) is 18.9 Å². The minimum Gasteiger partial charge on any atom is -0.274 e. The lowest BCUT2D eigenvalue weighted by atomic mass is 10.2. The van der Waals surface area contributed by atoms with E-state index in [4.69, 9.17) is 0 Å². The molecule has 0 unspecified atom stereocenters. The molecule has 0 bridgehead atoms. The summed E-state index contributed by atoms with van der Waals surface area (Å²) in [5, 5.41) is 4.40. The van der Waals surface area contributed by atoms with Gasteiger partial charge in [-0.2, -0.15) is 9.40 Å². The summed E-state index contributed by atoms with van der Waals surface area (Å²) in [5.74, 6) is 0.519. The maximum atomic E-state index is 13.3. The monoisotopic (exact) mass is 349 g/mol. The fraction of sp³-hybridized carbons (Fsp3) is 0.500. The summed E-state index contributed by atoms with van der Waals surface area (Å²) in [5.41, 5.74) is 1.32. The first-order valence-corrected chi connectivity index (χ1v) is 9.75. The van der Waals surface area contributed by atoms with Crippen molar-refractivity contribution in [3.63, 3.8) is 0 Å². The zero-order valence-corrected chi connectivity index (χ0v) is 15.9. The van der Waals surface area contributed by atoms with E-state index in [1.807, 2.05) is 58.0 Å². The third-order valence-corrected chi connectivity index (χ3v) is 5.43. The van der Waals surface area contributed by atoms with Gasteiger partial charge in [-0.25, -0.2) is 8.42 Å². The van der Waals surface area contributed by atoms with Gasteiger partial charge in [-0.15, -0.1) is 0 Å². The molecule has 1 heterocycles. The number of aromatic nitrogens is 2. The van der Waals surface area contributed by atoms with Gasteiger partial charge >= 0.3 is 0 Å². The summed E-state index contributed by atoms with van der Waals surface area (Å²) >= 11 is 0. The molecule has 0 amide bonds. The smallest absolute Gasteiger partial charge is 0.246 e. The molecule has 1 aromatic carbocycles. The number of benzene rings is 1. The van der Waals surface area contributed by atoms with E-state index in [9.17, 15) is 8.42 Å². The van der Waals surface area contributed by atoms with E-state index in [0.717, 1.165) is 5.56 Å². The van der Waals surface area contributed by atoms with Crippen molar-refractivity contribution in [1.29, 1.82) is 0 Å². The van der Waals surface area contributed by atoms with Crippen molar-refractivity contribution in [2.45, 2.75) is 32.6 Å². The zero-order chi connectivity index (χ0) is 17.9. The van der Waals surface area contributed by atoms with Gasteiger partial charge in [0.05, 0.1) is 0 Å². The van der Waals surface area contributed by atoms with Crippen LogP contribution in [0, 0.1) is 11.8 Å². The van der Waals surface area contributed by atoms with E-state index >= 15 is 0 Å². The molecule has 0 fully saturated rings. The summed E-state index contributed by atoms with van der Waals surface area (Å²) in [7, 11) is -1.85. The van der Waals surface area contributed by atoms with E-state index in [1.54, 1.807) is 22.2 Å². The van der Waals surface area contributed by atoms with Crippen molar-refractivity contribution < 1.29 is 8.42 Å². The maximum absolute atomic E-state index is 13.3. The predicted molar refractivity (Wildman–Crippen MR) is 97.1 cm³/mol. The Labute approximate surface area is 145 Å². The highest BCUT2D eigenvalue weighted by molar-refractivity contribution is 7.89. The molecule has 2 aromatic rings. The Morgan fingerprint density at radius 3 is 2.08 bits per heavy atom. The molecule has 0 saturated heterocycles. The molecule has 0 aliphatic rings. The Bertz CT molecular complexity index is 755. The quantitative estimate of drug-likeness (QED) is 0.770. The van der Waals surface area contributed by atoms with Crippen molar-refractivity contribution in [3.05, 3.63) is 36.5 Å². The van der Waals surface area contributed by atoms with E-state index in [2.05, 4.69) is 5.10 Å². The lowest BCUT2D eigenvalue weighted by Gasteiger charge is -2.25. The number of nitrogens with zero attached hydrogens (tertiary/aromatic N) is 3. The van der Waals surface area contributed by atoms with Gasteiger partial charge in [-0.3, -0.25) is 4.68 Å². The van der Waals surface area contributed by atoms with Crippen LogP contribution in [0.3, 0.4) is 0 Å². The fourth-order valence-electron chi connectivity index (χ4n) is 2.68. The number of hydrogen-bond acceptors (Lipinski definition) is 3. The van der Waals surface area contributed by atoms with Crippen LogP contribution in [0.2, 0.25) is 0 Å². The Kier molecular flexibility index (Phi) is 5.83. The van der Waals surface area contributed by atoms with Crippen LogP contribution in [-0.2, 0) is 17.1 Å². The molecule has 0 aliphatic carbocycles. The highest BCUT2D eigenvalue weighted by atomic mass is 32.2. The normalized spacial score (nSPS) is 12.5. The standard InChI is InChI=1S/C18H27N3O2S/c1-14(2)11-21(12-15(3)4)24(22,23)17-13-20(5)19-18(17)16-9-7-6-8-10-16/h6-10,13-15H,11-12H2,1-5H3. The van der Waals surface area contributed by atoms with Crippen molar-refractivity contribution in [1.82, 2.24) is 14.1 Å². The fourth-order valence-corrected chi connectivity index (χ4v) is 4.63. The maximum Gasteiger partial charge on any atom is 0.246 e. The number of aryl methyl sites for hydroxylation is 1. The minimum atomic E-state index is -3.60. The second-order valence-electron chi connectivity index (χ2n) is 6.99. The SMILES string of the molecule is CC(C)CN(CC(C)C)S(=O)(=O)c1cn(C)nc1-c1ccccc1. The number of rotatable bonds is 7. The van der Waals surface area contributed by atoms with Crippen LogP contribution >= 0.6 is 0 Å². The van der Waals surface area contributed by atoms with E-state index in [1.165, 1.54) is 0 Å². The van der Waals surface area contributed by atoms with E-state index in [0.29, 0.717) is 18.8 Å². The van der Waals surface area contributed by atoms with Gasteiger partial charge in [0.15, 0.2) is 0 Å². The molecule has 0 atom stereocenters. The second kappa shape index (κ2) is 7.49. The highest BCUT2D eigenvalue weighted by Gasteiger charge is 2.30. The van der Waals surface area contributed by atoms with Crippen LogP contribution in [0.1, 0.15) is 27.7 Å². The summed E-state index contributed by atoms with van der Waals surface area (Å²) in [6.45, 7) is 9.13. The van der Waals surface area contributed by atoms with Crippen molar-refractivity contribution >= 4 is 10.0 Å². The second-order valence-corrected chi connectivity index (χ2v) is 8.90.